The van der Waals surface area contributed by atoms with Crippen molar-refractivity contribution in [3.8, 4) is 0 Å². The Morgan fingerprint density at radius 1 is 1.44 bits per heavy atom. The molecule has 4 N–H and O–H groups in total. The van der Waals surface area contributed by atoms with Crippen LogP contribution in [0.1, 0.15) is 25.0 Å². The number of nitrogens with zero attached hydrogens (tertiary/aromatic N) is 1. The highest BCUT2D eigenvalue weighted by Crippen LogP contribution is 2.20. The molecule has 5 heteroatoms. The predicted octanol–water partition coefficient (Wildman–Crippen LogP) is 1.49. The van der Waals surface area contributed by atoms with Gasteiger partial charge in [0.15, 0.2) is 0 Å². The molecule has 1 rings (SSSR count). The number of carbonyl (C=O) groups is 1. The summed E-state index contributed by atoms with van der Waals surface area (Å²) in [6.07, 6.45) is 0. The number of hydrogen-bond donors (Lipinski definition) is 2. The van der Waals surface area contributed by atoms with Crippen molar-refractivity contribution in [3.05, 3.63) is 34.3 Å². The summed E-state index contributed by atoms with van der Waals surface area (Å²) in [6.45, 7) is 5.34. The van der Waals surface area contributed by atoms with Gasteiger partial charge in [0, 0.05) is 24.2 Å². The Bertz CT molecular complexity index is 421. The smallest absolute Gasteiger partial charge is 0.231 e. The molecule has 1 amide bonds. The van der Waals surface area contributed by atoms with Gasteiger partial charge in [-0.05, 0) is 31.0 Å². The summed E-state index contributed by atoms with van der Waals surface area (Å²) in [4.78, 5) is 13.0. The summed E-state index contributed by atoms with van der Waals surface area (Å²) in [5.74, 6) is -0.335. The van der Waals surface area contributed by atoms with E-state index in [4.69, 9.17) is 23.1 Å². The Morgan fingerprint density at radius 3 is 2.56 bits per heavy atom. The fraction of sp³-hybridized carbons (Fsp3) is 0.462. The van der Waals surface area contributed by atoms with Crippen molar-refractivity contribution in [3.63, 3.8) is 0 Å². The van der Waals surface area contributed by atoms with E-state index in [1.807, 2.05) is 36.9 Å². The Morgan fingerprint density at radius 2 is 2.11 bits per heavy atom. The highest BCUT2D eigenvalue weighted by Gasteiger charge is 2.14. The van der Waals surface area contributed by atoms with E-state index in [0.717, 1.165) is 11.1 Å². The van der Waals surface area contributed by atoms with E-state index in [-0.39, 0.29) is 18.5 Å². The third-order valence-corrected chi connectivity index (χ3v) is 3.17. The zero-order chi connectivity index (χ0) is 13.7. The summed E-state index contributed by atoms with van der Waals surface area (Å²) in [6, 6.07) is 5.98. The zero-order valence-corrected chi connectivity index (χ0v) is 11.6. The minimum absolute atomic E-state index is 0.225. The van der Waals surface area contributed by atoms with Crippen LogP contribution in [0.2, 0.25) is 5.02 Å². The number of primary amides is 1. The maximum atomic E-state index is 11.0. The first-order chi connectivity index (χ1) is 8.43. The number of carbonyl (C=O) groups excluding carboxylic acids is 1. The van der Waals surface area contributed by atoms with Gasteiger partial charge in [-0.25, -0.2) is 0 Å². The van der Waals surface area contributed by atoms with Gasteiger partial charge in [-0.15, -0.1) is 0 Å². The molecule has 18 heavy (non-hydrogen) atoms. The molecule has 1 aromatic rings. The topological polar surface area (TPSA) is 72.3 Å². The molecule has 0 fully saturated rings. The molecule has 0 aliphatic rings. The van der Waals surface area contributed by atoms with E-state index in [1.54, 1.807) is 0 Å². The number of hydrogen-bond acceptors (Lipinski definition) is 3. The van der Waals surface area contributed by atoms with Crippen LogP contribution in [-0.2, 0) is 17.9 Å². The number of nitrogens with two attached hydrogens (primary N) is 2. The van der Waals surface area contributed by atoms with Crippen molar-refractivity contribution in [2.75, 3.05) is 6.54 Å². The maximum absolute atomic E-state index is 11.0. The molecule has 1 aromatic carbocycles. The van der Waals surface area contributed by atoms with Gasteiger partial charge in [0.2, 0.25) is 5.91 Å². The quantitative estimate of drug-likeness (QED) is 0.822. The van der Waals surface area contributed by atoms with Crippen molar-refractivity contribution in [2.45, 2.75) is 33.0 Å². The van der Waals surface area contributed by atoms with Crippen molar-refractivity contribution in [2.24, 2.45) is 11.5 Å². The van der Waals surface area contributed by atoms with Crippen LogP contribution in [0.5, 0.6) is 0 Å². The maximum Gasteiger partial charge on any atom is 0.231 e. The van der Waals surface area contributed by atoms with E-state index >= 15 is 0 Å². The van der Waals surface area contributed by atoms with Gasteiger partial charge in [0.05, 0.1) is 6.54 Å². The molecule has 0 aliphatic carbocycles. The number of rotatable bonds is 6. The minimum atomic E-state index is -0.335. The first kappa shape index (κ1) is 15.0. The normalized spacial score (nSPS) is 11.2. The fourth-order valence-corrected chi connectivity index (χ4v) is 1.95. The standard InChI is InChI=1S/C13H20ClN3O/c1-9(2)17(8-13(16)18)7-11-4-3-10(6-15)5-12(11)14/h3-5,9H,6-8,15H2,1-2H3,(H2,16,18). The lowest BCUT2D eigenvalue weighted by molar-refractivity contribution is -0.119. The second-order valence-electron chi connectivity index (χ2n) is 4.59. The summed E-state index contributed by atoms with van der Waals surface area (Å²) in [7, 11) is 0. The number of amides is 1. The van der Waals surface area contributed by atoms with E-state index < -0.39 is 0 Å². The molecule has 0 aliphatic heterocycles. The molecule has 0 atom stereocenters. The highest BCUT2D eigenvalue weighted by molar-refractivity contribution is 6.31. The van der Waals surface area contributed by atoms with Crippen molar-refractivity contribution in [1.82, 2.24) is 4.90 Å². The molecule has 100 valence electrons. The van der Waals surface area contributed by atoms with Gasteiger partial charge in [-0.2, -0.15) is 0 Å². The van der Waals surface area contributed by atoms with Crippen LogP contribution in [0.3, 0.4) is 0 Å². The number of halogens is 1. The molecular formula is C13H20ClN3O. The van der Waals surface area contributed by atoms with Crippen LogP contribution in [0.25, 0.3) is 0 Å². The molecule has 0 heterocycles. The van der Waals surface area contributed by atoms with Gasteiger partial charge in [-0.3, -0.25) is 9.69 Å². The van der Waals surface area contributed by atoms with E-state index in [1.165, 1.54) is 0 Å². The molecular weight excluding hydrogens is 250 g/mol. The van der Waals surface area contributed by atoms with Crippen LogP contribution in [0.4, 0.5) is 0 Å². The van der Waals surface area contributed by atoms with Crippen molar-refractivity contribution < 1.29 is 4.79 Å². The number of benzene rings is 1. The van der Waals surface area contributed by atoms with Crippen LogP contribution in [0.15, 0.2) is 18.2 Å². The first-order valence-corrected chi connectivity index (χ1v) is 6.31. The molecule has 0 aromatic heterocycles. The lowest BCUT2D eigenvalue weighted by Gasteiger charge is -2.25. The lowest BCUT2D eigenvalue weighted by Crippen LogP contribution is -2.38. The molecule has 4 nitrogen and oxygen atoms in total. The Hall–Kier alpha value is -1.10. The summed E-state index contributed by atoms with van der Waals surface area (Å²) in [5, 5.41) is 0.674. The molecule has 0 saturated heterocycles. The molecule has 0 radical (unpaired) electrons. The molecule has 0 saturated carbocycles. The first-order valence-electron chi connectivity index (χ1n) is 5.93. The largest absolute Gasteiger partial charge is 0.369 e. The van der Waals surface area contributed by atoms with Gasteiger partial charge in [-0.1, -0.05) is 23.7 Å². The second kappa shape index (κ2) is 6.73. The summed E-state index contributed by atoms with van der Waals surface area (Å²) >= 11 is 6.20. The molecule has 0 bridgehead atoms. The lowest BCUT2D eigenvalue weighted by atomic mass is 10.1. The van der Waals surface area contributed by atoms with Crippen LogP contribution in [0, 0.1) is 0 Å². The van der Waals surface area contributed by atoms with E-state index in [9.17, 15) is 4.79 Å². The molecule has 0 spiro atoms. The highest BCUT2D eigenvalue weighted by atomic mass is 35.5. The zero-order valence-electron chi connectivity index (χ0n) is 10.8. The third-order valence-electron chi connectivity index (χ3n) is 2.82. The van der Waals surface area contributed by atoms with E-state index in [0.29, 0.717) is 18.1 Å². The molecule has 0 unspecified atom stereocenters. The SMILES string of the molecule is CC(C)N(CC(N)=O)Cc1ccc(CN)cc1Cl. The van der Waals surface area contributed by atoms with Gasteiger partial charge in [0.1, 0.15) is 0 Å². The van der Waals surface area contributed by atoms with Crippen LogP contribution < -0.4 is 11.5 Å². The monoisotopic (exact) mass is 269 g/mol. The minimum Gasteiger partial charge on any atom is -0.369 e. The summed E-state index contributed by atoms with van der Waals surface area (Å²) in [5.41, 5.74) is 12.8. The van der Waals surface area contributed by atoms with Gasteiger partial charge >= 0.3 is 0 Å². The third kappa shape index (κ3) is 4.29. The average molecular weight is 270 g/mol. The van der Waals surface area contributed by atoms with E-state index in [2.05, 4.69) is 0 Å². The average Bonchev–Trinajstić information content (AvgIpc) is 2.29. The van der Waals surface area contributed by atoms with Crippen molar-refractivity contribution >= 4 is 17.5 Å². The van der Waals surface area contributed by atoms with Crippen LogP contribution >= 0.6 is 11.6 Å². The van der Waals surface area contributed by atoms with Crippen molar-refractivity contribution in [1.29, 1.82) is 0 Å². The second-order valence-corrected chi connectivity index (χ2v) is 5.00. The predicted molar refractivity (Wildman–Crippen MR) is 74.1 cm³/mol. The van der Waals surface area contributed by atoms with Gasteiger partial charge < -0.3 is 11.5 Å². The fourth-order valence-electron chi connectivity index (χ4n) is 1.69. The van der Waals surface area contributed by atoms with Gasteiger partial charge in [0.25, 0.3) is 0 Å². The Kier molecular flexibility index (Phi) is 5.59. The Balaban J connectivity index is 2.83. The Labute approximate surface area is 113 Å². The van der Waals surface area contributed by atoms with Crippen LogP contribution in [-0.4, -0.2) is 23.4 Å². The summed E-state index contributed by atoms with van der Waals surface area (Å²) < 4.78 is 0.